The van der Waals surface area contributed by atoms with Gasteiger partial charge in [0.1, 0.15) is 0 Å². The van der Waals surface area contributed by atoms with Gasteiger partial charge in [-0.15, -0.1) is 0 Å². The van der Waals surface area contributed by atoms with E-state index in [0.717, 1.165) is 32.2 Å². The largest absolute Gasteiger partial charge is 0.378 e. The van der Waals surface area contributed by atoms with Gasteiger partial charge in [-0.2, -0.15) is 0 Å². The van der Waals surface area contributed by atoms with Gasteiger partial charge in [-0.1, -0.05) is 6.42 Å². The zero-order chi connectivity index (χ0) is 10.7. The van der Waals surface area contributed by atoms with Crippen LogP contribution in [0.1, 0.15) is 33.1 Å². The van der Waals surface area contributed by atoms with Crippen molar-refractivity contribution in [1.29, 1.82) is 0 Å². The standard InChI is InChI=1S/C12H23NO2/c1-12(2)9-13-6-11(15-12)8-14-7-10-4-3-5-10/h10-11,13H,3-9H2,1-2H3. The molecule has 2 aliphatic rings. The van der Waals surface area contributed by atoms with Crippen molar-refractivity contribution in [2.45, 2.75) is 44.8 Å². The number of rotatable bonds is 4. The molecule has 88 valence electrons. The molecule has 0 aromatic carbocycles. The third-order valence-corrected chi connectivity index (χ3v) is 3.29. The van der Waals surface area contributed by atoms with Crippen LogP contribution in [0.15, 0.2) is 0 Å². The number of hydrogen-bond acceptors (Lipinski definition) is 3. The molecule has 0 radical (unpaired) electrons. The Morgan fingerprint density at radius 2 is 2.13 bits per heavy atom. The fraction of sp³-hybridized carbons (Fsp3) is 1.00. The van der Waals surface area contributed by atoms with Crippen LogP contribution >= 0.6 is 0 Å². The maximum atomic E-state index is 5.92. The summed E-state index contributed by atoms with van der Waals surface area (Å²) < 4.78 is 11.6. The fourth-order valence-electron chi connectivity index (χ4n) is 2.19. The van der Waals surface area contributed by atoms with Crippen molar-refractivity contribution >= 4 is 0 Å². The second-order valence-electron chi connectivity index (χ2n) is 5.46. The minimum atomic E-state index is -0.0389. The SMILES string of the molecule is CC1(C)CNCC(COCC2CCC2)O1. The average Bonchev–Trinajstić information content (AvgIpc) is 2.08. The summed E-state index contributed by atoms with van der Waals surface area (Å²) in [7, 11) is 0. The van der Waals surface area contributed by atoms with Gasteiger partial charge in [0.2, 0.25) is 0 Å². The Kier molecular flexibility index (Phi) is 3.65. The maximum absolute atomic E-state index is 5.92. The number of ether oxygens (including phenoxy) is 2. The van der Waals surface area contributed by atoms with Gasteiger partial charge in [0.15, 0.2) is 0 Å². The van der Waals surface area contributed by atoms with E-state index >= 15 is 0 Å². The molecule has 0 aromatic rings. The molecular weight excluding hydrogens is 190 g/mol. The summed E-state index contributed by atoms with van der Waals surface area (Å²) in [4.78, 5) is 0. The summed E-state index contributed by atoms with van der Waals surface area (Å²) in [5, 5.41) is 3.39. The van der Waals surface area contributed by atoms with Crippen molar-refractivity contribution in [1.82, 2.24) is 5.32 Å². The molecule has 1 heterocycles. The van der Waals surface area contributed by atoms with Gasteiger partial charge in [0, 0.05) is 19.7 Å². The molecule has 3 nitrogen and oxygen atoms in total. The third kappa shape index (κ3) is 3.44. The van der Waals surface area contributed by atoms with E-state index in [0.29, 0.717) is 0 Å². The van der Waals surface area contributed by atoms with Crippen molar-refractivity contribution in [2.75, 3.05) is 26.3 Å². The number of nitrogens with one attached hydrogen (secondary N) is 1. The maximum Gasteiger partial charge on any atom is 0.0940 e. The Bertz CT molecular complexity index is 202. The van der Waals surface area contributed by atoms with Crippen LogP contribution in [0.5, 0.6) is 0 Å². The molecule has 0 bridgehead atoms. The Balaban J connectivity index is 1.61. The van der Waals surface area contributed by atoms with Crippen LogP contribution < -0.4 is 5.32 Å². The number of hydrogen-bond donors (Lipinski definition) is 1. The van der Waals surface area contributed by atoms with E-state index in [4.69, 9.17) is 9.47 Å². The Labute approximate surface area is 92.5 Å². The molecule has 1 aliphatic heterocycles. The molecule has 2 fully saturated rings. The molecule has 0 aromatic heterocycles. The predicted molar refractivity (Wildman–Crippen MR) is 60.0 cm³/mol. The first-order valence-electron chi connectivity index (χ1n) is 6.12. The van der Waals surface area contributed by atoms with Crippen LogP contribution in [-0.2, 0) is 9.47 Å². The summed E-state index contributed by atoms with van der Waals surface area (Å²) in [6.07, 6.45) is 4.33. The molecule has 1 saturated carbocycles. The van der Waals surface area contributed by atoms with Gasteiger partial charge in [-0.25, -0.2) is 0 Å². The molecular formula is C12H23NO2. The first-order valence-corrected chi connectivity index (χ1v) is 6.12. The highest BCUT2D eigenvalue weighted by Crippen LogP contribution is 2.26. The summed E-state index contributed by atoms with van der Waals surface area (Å²) in [6, 6.07) is 0. The first-order chi connectivity index (χ1) is 7.16. The lowest BCUT2D eigenvalue weighted by molar-refractivity contribution is -0.123. The van der Waals surface area contributed by atoms with Crippen molar-refractivity contribution in [2.24, 2.45) is 5.92 Å². The molecule has 1 unspecified atom stereocenters. The minimum Gasteiger partial charge on any atom is -0.378 e. The second-order valence-corrected chi connectivity index (χ2v) is 5.46. The third-order valence-electron chi connectivity index (χ3n) is 3.29. The summed E-state index contributed by atoms with van der Waals surface area (Å²) in [5.74, 6) is 0.828. The van der Waals surface area contributed by atoms with Crippen molar-refractivity contribution < 1.29 is 9.47 Å². The van der Waals surface area contributed by atoms with E-state index in [9.17, 15) is 0 Å². The van der Waals surface area contributed by atoms with Crippen molar-refractivity contribution in [3.8, 4) is 0 Å². The van der Waals surface area contributed by atoms with Gasteiger partial charge >= 0.3 is 0 Å². The molecule has 0 amide bonds. The van der Waals surface area contributed by atoms with Crippen LogP contribution in [0.25, 0.3) is 0 Å². The average molecular weight is 213 g/mol. The Morgan fingerprint density at radius 1 is 1.33 bits per heavy atom. The molecule has 1 atom stereocenters. The zero-order valence-corrected chi connectivity index (χ0v) is 9.92. The van der Waals surface area contributed by atoms with E-state index < -0.39 is 0 Å². The van der Waals surface area contributed by atoms with Crippen molar-refractivity contribution in [3.05, 3.63) is 0 Å². The van der Waals surface area contributed by atoms with Gasteiger partial charge in [-0.05, 0) is 32.6 Å². The Morgan fingerprint density at radius 3 is 2.73 bits per heavy atom. The fourth-order valence-corrected chi connectivity index (χ4v) is 2.19. The predicted octanol–water partition coefficient (Wildman–Crippen LogP) is 1.57. The van der Waals surface area contributed by atoms with Crippen LogP contribution in [0, 0.1) is 5.92 Å². The lowest BCUT2D eigenvalue weighted by atomic mass is 9.86. The molecule has 1 N–H and O–H groups in total. The molecule has 1 saturated heterocycles. The Hall–Kier alpha value is -0.120. The van der Waals surface area contributed by atoms with Crippen LogP contribution in [0.3, 0.4) is 0 Å². The van der Waals surface area contributed by atoms with E-state index in [1.165, 1.54) is 19.3 Å². The monoisotopic (exact) mass is 213 g/mol. The highest BCUT2D eigenvalue weighted by atomic mass is 16.5. The van der Waals surface area contributed by atoms with E-state index in [2.05, 4.69) is 19.2 Å². The van der Waals surface area contributed by atoms with Crippen LogP contribution in [-0.4, -0.2) is 38.0 Å². The lowest BCUT2D eigenvalue weighted by Gasteiger charge is -2.37. The van der Waals surface area contributed by atoms with Gasteiger partial charge < -0.3 is 14.8 Å². The topological polar surface area (TPSA) is 30.5 Å². The van der Waals surface area contributed by atoms with Gasteiger partial charge in [0.05, 0.1) is 18.3 Å². The quantitative estimate of drug-likeness (QED) is 0.769. The highest BCUT2D eigenvalue weighted by molar-refractivity contribution is 4.81. The van der Waals surface area contributed by atoms with Crippen LogP contribution in [0.4, 0.5) is 0 Å². The second kappa shape index (κ2) is 4.81. The first kappa shape index (κ1) is 11.4. The molecule has 1 aliphatic carbocycles. The normalized spacial score (nSPS) is 31.2. The number of morpholine rings is 1. The highest BCUT2D eigenvalue weighted by Gasteiger charge is 2.28. The molecule has 15 heavy (non-hydrogen) atoms. The smallest absolute Gasteiger partial charge is 0.0940 e. The molecule has 2 rings (SSSR count). The molecule has 3 heteroatoms. The van der Waals surface area contributed by atoms with E-state index in [1.54, 1.807) is 0 Å². The van der Waals surface area contributed by atoms with E-state index in [1.807, 2.05) is 0 Å². The van der Waals surface area contributed by atoms with E-state index in [-0.39, 0.29) is 11.7 Å². The minimum absolute atomic E-state index is 0.0389. The van der Waals surface area contributed by atoms with Gasteiger partial charge in [-0.3, -0.25) is 0 Å². The van der Waals surface area contributed by atoms with Gasteiger partial charge in [0.25, 0.3) is 0 Å². The summed E-state index contributed by atoms with van der Waals surface area (Å²) in [6.45, 7) is 7.78. The zero-order valence-electron chi connectivity index (χ0n) is 9.92. The summed E-state index contributed by atoms with van der Waals surface area (Å²) in [5.41, 5.74) is -0.0389. The molecule has 0 spiro atoms. The summed E-state index contributed by atoms with van der Waals surface area (Å²) >= 11 is 0. The van der Waals surface area contributed by atoms with Crippen LogP contribution in [0.2, 0.25) is 0 Å². The van der Waals surface area contributed by atoms with Crippen molar-refractivity contribution in [3.63, 3.8) is 0 Å². The lowest BCUT2D eigenvalue weighted by Crippen LogP contribution is -2.52.